The molecule has 0 radical (unpaired) electrons. The average molecular weight is 641 g/mol. The summed E-state index contributed by atoms with van der Waals surface area (Å²) in [5, 5.41) is 3.26. The van der Waals surface area contributed by atoms with Gasteiger partial charge in [0.2, 0.25) is 21.9 Å². The minimum Gasteiger partial charge on any atom is -0.444 e. The number of nitrogens with zero attached hydrogens (tertiary/aromatic N) is 4. The lowest BCUT2D eigenvalue weighted by atomic mass is 10.1. The van der Waals surface area contributed by atoms with Gasteiger partial charge in [0.1, 0.15) is 11.4 Å². The second-order valence-electron chi connectivity index (χ2n) is 11.1. The van der Waals surface area contributed by atoms with Crippen LogP contribution >= 0.6 is 0 Å². The molecule has 16 heteroatoms. The van der Waals surface area contributed by atoms with Crippen LogP contribution in [0, 0.1) is 5.82 Å². The largest absolute Gasteiger partial charge is 0.444 e. The number of hydrogen-bond donors (Lipinski definition) is 2. The van der Waals surface area contributed by atoms with Crippen LogP contribution in [0.4, 0.5) is 34.0 Å². The maximum Gasteiger partial charge on any atom is 0.410 e. The van der Waals surface area contributed by atoms with Gasteiger partial charge in [-0.3, -0.25) is 4.72 Å². The molecule has 0 bridgehead atoms. The molecule has 0 spiro atoms. The van der Waals surface area contributed by atoms with E-state index in [0.717, 1.165) is 25.0 Å². The Hall–Kier alpha value is -4.21. The van der Waals surface area contributed by atoms with Crippen molar-refractivity contribution in [1.29, 1.82) is 0 Å². The standard InChI is InChI=1S/C28H32F4N6O5S/c1-27(2,3)43-26(39)38-14-5-6-18(17-38)35-25-34-13-10-22(36-25)20-7-4-12-33-24(20)42-19-8-9-23(21(29)16-19)37-44(40,41)15-11-28(30,31)32/h4,7-10,12-13,16,18,37H,5-6,11,14-15,17H2,1-3H3,(H,34,35,36)/t18-/m0/s1. The molecule has 0 unspecified atom stereocenters. The average Bonchev–Trinajstić information content (AvgIpc) is 2.93. The van der Waals surface area contributed by atoms with Crippen molar-refractivity contribution in [3.8, 4) is 22.9 Å². The molecule has 1 atom stereocenters. The number of ether oxygens (including phenoxy) is 2. The molecule has 4 rings (SSSR count). The van der Waals surface area contributed by atoms with Crippen LogP contribution in [0.15, 0.2) is 48.8 Å². The lowest BCUT2D eigenvalue weighted by molar-refractivity contribution is -0.129. The Labute approximate surface area is 252 Å². The number of rotatable bonds is 9. The van der Waals surface area contributed by atoms with Crippen LogP contribution in [0.5, 0.6) is 11.6 Å². The summed E-state index contributed by atoms with van der Waals surface area (Å²) in [7, 11) is -4.44. The lowest BCUT2D eigenvalue weighted by Gasteiger charge is -2.34. The van der Waals surface area contributed by atoms with E-state index in [1.807, 2.05) is 25.5 Å². The normalized spacial score (nSPS) is 15.9. The molecular formula is C28H32F4N6O5S. The van der Waals surface area contributed by atoms with E-state index in [1.165, 1.54) is 18.5 Å². The Bertz CT molecular complexity index is 1580. The maximum atomic E-state index is 14.7. The van der Waals surface area contributed by atoms with Gasteiger partial charge in [0, 0.05) is 37.6 Å². The first-order valence-corrected chi connectivity index (χ1v) is 15.3. The molecule has 2 N–H and O–H groups in total. The van der Waals surface area contributed by atoms with E-state index in [4.69, 9.17) is 9.47 Å². The molecule has 44 heavy (non-hydrogen) atoms. The summed E-state index contributed by atoms with van der Waals surface area (Å²) in [5.74, 6) is -1.98. The third-order valence-electron chi connectivity index (χ3n) is 6.18. The van der Waals surface area contributed by atoms with Gasteiger partial charge in [0.05, 0.1) is 29.1 Å². The summed E-state index contributed by atoms with van der Waals surface area (Å²) in [6.45, 7) is 6.41. The van der Waals surface area contributed by atoms with E-state index in [0.29, 0.717) is 30.3 Å². The number of alkyl halides is 3. The summed E-state index contributed by atoms with van der Waals surface area (Å²) in [6, 6.07) is 8.00. The van der Waals surface area contributed by atoms with Crippen molar-refractivity contribution in [3.05, 3.63) is 54.6 Å². The van der Waals surface area contributed by atoms with Crippen molar-refractivity contribution in [2.45, 2.75) is 57.9 Å². The van der Waals surface area contributed by atoms with Gasteiger partial charge in [0.15, 0.2) is 5.82 Å². The molecule has 1 amide bonds. The molecule has 3 aromatic rings. The second-order valence-corrected chi connectivity index (χ2v) is 12.9. The molecule has 2 aromatic heterocycles. The molecule has 11 nitrogen and oxygen atoms in total. The van der Waals surface area contributed by atoms with Gasteiger partial charge in [-0.2, -0.15) is 13.2 Å². The smallest absolute Gasteiger partial charge is 0.410 e. The molecule has 0 saturated carbocycles. The van der Waals surface area contributed by atoms with Crippen molar-refractivity contribution >= 4 is 27.8 Å². The van der Waals surface area contributed by atoms with Crippen molar-refractivity contribution in [3.63, 3.8) is 0 Å². The number of likely N-dealkylation sites (tertiary alicyclic amines) is 1. The quantitative estimate of drug-likeness (QED) is 0.271. The van der Waals surface area contributed by atoms with E-state index in [-0.39, 0.29) is 23.8 Å². The van der Waals surface area contributed by atoms with Gasteiger partial charge >= 0.3 is 12.3 Å². The van der Waals surface area contributed by atoms with Crippen LogP contribution in [-0.4, -0.2) is 71.0 Å². The Morgan fingerprint density at radius 2 is 1.89 bits per heavy atom. The van der Waals surface area contributed by atoms with Gasteiger partial charge in [-0.1, -0.05) is 0 Å². The van der Waals surface area contributed by atoms with Crippen LogP contribution in [0.3, 0.4) is 0 Å². The molecule has 1 aliphatic heterocycles. The van der Waals surface area contributed by atoms with Gasteiger partial charge in [-0.15, -0.1) is 0 Å². The zero-order valence-corrected chi connectivity index (χ0v) is 25.0. The van der Waals surface area contributed by atoms with Crippen molar-refractivity contribution < 1.29 is 40.2 Å². The first-order chi connectivity index (χ1) is 20.6. The second kappa shape index (κ2) is 13.2. The molecule has 1 fully saturated rings. The Morgan fingerprint density at radius 3 is 2.59 bits per heavy atom. The van der Waals surface area contributed by atoms with E-state index < -0.39 is 45.5 Å². The molecule has 0 aliphatic carbocycles. The van der Waals surface area contributed by atoms with Crippen molar-refractivity contribution in [1.82, 2.24) is 19.9 Å². The lowest BCUT2D eigenvalue weighted by Crippen LogP contribution is -2.47. The number of pyridine rings is 1. The number of benzene rings is 1. The fourth-order valence-corrected chi connectivity index (χ4v) is 5.34. The van der Waals surface area contributed by atoms with Crippen LogP contribution in [-0.2, 0) is 14.8 Å². The van der Waals surface area contributed by atoms with Crippen LogP contribution in [0.25, 0.3) is 11.3 Å². The SMILES string of the molecule is CC(C)(C)OC(=O)N1CCC[C@H](Nc2nccc(-c3cccnc3Oc3ccc(NS(=O)(=O)CCC(F)(F)F)c(F)c3)n2)C1. The number of hydrogen-bond acceptors (Lipinski definition) is 9. The fourth-order valence-electron chi connectivity index (χ4n) is 4.24. The van der Waals surface area contributed by atoms with Crippen LogP contribution in [0.1, 0.15) is 40.0 Å². The van der Waals surface area contributed by atoms with E-state index in [2.05, 4.69) is 20.3 Å². The highest BCUT2D eigenvalue weighted by molar-refractivity contribution is 7.92. The van der Waals surface area contributed by atoms with Gasteiger partial charge in [-0.25, -0.2) is 32.6 Å². The summed E-state index contributed by atoms with van der Waals surface area (Å²) in [4.78, 5) is 27.2. The molecule has 3 heterocycles. The number of anilines is 2. The first kappa shape index (κ1) is 32.7. The van der Waals surface area contributed by atoms with Crippen molar-refractivity contribution in [2.75, 3.05) is 28.9 Å². The van der Waals surface area contributed by atoms with Gasteiger partial charge < -0.3 is 19.7 Å². The monoisotopic (exact) mass is 640 g/mol. The molecule has 1 aliphatic rings. The fraction of sp³-hybridized carbons (Fsp3) is 0.429. The summed E-state index contributed by atoms with van der Waals surface area (Å²) < 4.78 is 89.0. The number of halogens is 4. The van der Waals surface area contributed by atoms with Crippen LogP contribution < -0.4 is 14.8 Å². The predicted molar refractivity (Wildman–Crippen MR) is 154 cm³/mol. The zero-order chi connectivity index (χ0) is 32.1. The summed E-state index contributed by atoms with van der Waals surface area (Å²) >= 11 is 0. The number of carbonyl (C=O) groups is 1. The minimum atomic E-state index is -4.68. The molecule has 1 aromatic carbocycles. The van der Waals surface area contributed by atoms with E-state index in [9.17, 15) is 30.8 Å². The van der Waals surface area contributed by atoms with E-state index >= 15 is 0 Å². The van der Waals surface area contributed by atoms with Crippen molar-refractivity contribution in [2.24, 2.45) is 0 Å². The first-order valence-electron chi connectivity index (χ1n) is 13.6. The maximum absolute atomic E-state index is 14.7. The molecular weight excluding hydrogens is 608 g/mol. The molecule has 238 valence electrons. The topological polar surface area (TPSA) is 136 Å². The third kappa shape index (κ3) is 9.65. The summed E-state index contributed by atoms with van der Waals surface area (Å²) in [6.07, 6.45) is -2.10. The Morgan fingerprint density at radius 1 is 1.11 bits per heavy atom. The minimum absolute atomic E-state index is 0.0440. The highest BCUT2D eigenvalue weighted by atomic mass is 32.2. The predicted octanol–water partition coefficient (Wildman–Crippen LogP) is 5.98. The Balaban J connectivity index is 1.45. The van der Waals surface area contributed by atoms with E-state index in [1.54, 1.807) is 23.1 Å². The number of sulfonamides is 1. The van der Waals surface area contributed by atoms with Gasteiger partial charge in [0.25, 0.3) is 0 Å². The highest BCUT2D eigenvalue weighted by Gasteiger charge is 2.30. The number of piperidine rings is 1. The zero-order valence-electron chi connectivity index (χ0n) is 24.2. The number of carbonyl (C=O) groups excluding carboxylic acids is 1. The Kier molecular flexibility index (Phi) is 9.81. The van der Waals surface area contributed by atoms with Gasteiger partial charge in [-0.05, 0) is 63.9 Å². The number of amides is 1. The van der Waals surface area contributed by atoms with Crippen LogP contribution in [0.2, 0.25) is 0 Å². The number of nitrogens with one attached hydrogen (secondary N) is 2. The highest BCUT2D eigenvalue weighted by Crippen LogP contribution is 2.32. The molecule has 1 saturated heterocycles. The summed E-state index contributed by atoms with van der Waals surface area (Å²) in [5.41, 5.74) is -0.266. The third-order valence-corrected chi connectivity index (χ3v) is 7.46. The number of aromatic nitrogens is 3.